The molecule has 1 unspecified atom stereocenters. The number of nitrogens with zero attached hydrogens (tertiary/aromatic N) is 2. The highest BCUT2D eigenvalue weighted by molar-refractivity contribution is 6.30. The normalized spacial score (nSPS) is 26.6. The molecule has 31 heavy (non-hydrogen) atoms. The molecule has 2 fully saturated rings. The van der Waals surface area contributed by atoms with Crippen LogP contribution in [-0.2, 0) is 10.3 Å². The number of hydrogen-bond acceptors (Lipinski definition) is 3. The molecule has 0 spiro atoms. The summed E-state index contributed by atoms with van der Waals surface area (Å²) < 4.78 is 41.5. The zero-order valence-electron chi connectivity index (χ0n) is 17.3. The van der Waals surface area contributed by atoms with Gasteiger partial charge >= 0.3 is 6.18 Å². The van der Waals surface area contributed by atoms with Gasteiger partial charge in [0.15, 0.2) is 0 Å². The molecule has 168 valence electrons. The summed E-state index contributed by atoms with van der Waals surface area (Å²) in [5.41, 5.74) is 4.15. The number of nitrogens with two attached hydrogens (primary N) is 1. The third-order valence-electron chi connectivity index (χ3n) is 6.84. The standard InChI is InChI=1S/C23H27ClF3N3O/c24-19-5-3-4-17(13-19)22(14-16(21(28)31)12-18(15-22)23(25,26)27)30-10-6-20(7-11-30)29-8-1-2-9-29/h3-5,12-13,15,20H,1-2,6-11,14H2,(H2,28,31). The predicted octanol–water partition coefficient (Wildman–Crippen LogP) is 4.40. The number of benzene rings is 1. The van der Waals surface area contributed by atoms with E-state index < -0.39 is 23.2 Å². The highest BCUT2D eigenvalue weighted by Gasteiger charge is 2.46. The van der Waals surface area contributed by atoms with Crippen LogP contribution >= 0.6 is 11.6 Å². The van der Waals surface area contributed by atoms with Gasteiger partial charge in [0.25, 0.3) is 0 Å². The summed E-state index contributed by atoms with van der Waals surface area (Å²) in [5, 5.41) is 0.445. The second-order valence-electron chi connectivity index (χ2n) is 8.70. The SMILES string of the molecule is NC(=O)C1=CC(C(F)(F)F)=CC(c2cccc(Cl)c2)(N2CCC(N3CCCC3)CC2)C1. The smallest absolute Gasteiger partial charge is 0.366 e. The van der Waals surface area contributed by atoms with Crippen molar-refractivity contribution < 1.29 is 18.0 Å². The van der Waals surface area contributed by atoms with Gasteiger partial charge in [-0.05, 0) is 68.6 Å². The molecule has 0 aromatic heterocycles. The van der Waals surface area contributed by atoms with Gasteiger partial charge in [0.05, 0.1) is 11.1 Å². The summed E-state index contributed by atoms with van der Waals surface area (Å²) in [6.45, 7) is 3.47. The van der Waals surface area contributed by atoms with Gasteiger partial charge in [-0.2, -0.15) is 13.2 Å². The van der Waals surface area contributed by atoms with E-state index in [0.717, 1.165) is 32.0 Å². The number of rotatable bonds is 4. The van der Waals surface area contributed by atoms with Crippen molar-refractivity contribution in [2.75, 3.05) is 26.2 Å². The molecular formula is C23H27ClF3N3O. The van der Waals surface area contributed by atoms with Crippen molar-refractivity contribution in [2.45, 2.75) is 49.9 Å². The van der Waals surface area contributed by atoms with E-state index in [-0.39, 0.29) is 12.0 Å². The van der Waals surface area contributed by atoms with E-state index in [0.29, 0.717) is 29.7 Å². The maximum atomic E-state index is 13.8. The van der Waals surface area contributed by atoms with Gasteiger partial charge in [-0.3, -0.25) is 9.69 Å². The number of piperidine rings is 1. The Morgan fingerprint density at radius 2 is 1.81 bits per heavy atom. The Hall–Kier alpha value is -1.83. The second kappa shape index (κ2) is 8.60. The average Bonchev–Trinajstić information content (AvgIpc) is 3.28. The highest BCUT2D eigenvalue weighted by Crippen LogP contribution is 2.46. The van der Waals surface area contributed by atoms with Crippen LogP contribution in [0.2, 0.25) is 5.02 Å². The van der Waals surface area contributed by atoms with Crippen molar-refractivity contribution in [3.63, 3.8) is 0 Å². The lowest BCUT2D eigenvalue weighted by Gasteiger charge is -2.49. The van der Waals surface area contributed by atoms with Gasteiger partial charge in [0.1, 0.15) is 0 Å². The van der Waals surface area contributed by atoms with Crippen LogP contribution < -0.4 is 5.73 Å². The molecule has 2 heterocycles. The molecule has 2 aliphatic heterocycles. The van der Waals surface area contributed by atoms with Gasteiger partial charge in [-0.25, -0.2) is 0 Å². The minimum atomic E-state index is -4.58. The fourth-order valence-electron chi connectivity index (χ4n) is 5.27. The minimum absolute atomic E-state index is 0.0172. The van der Waals surface area contributed by atoms with Crippen LogP contribution in [0.1, 0.15) is 37.7 Å². The largest absolute Gasteiger partial charge is 0.416 e. The fraction of sp³-hybridized carbons (Fsp3) is 0.522. The van der Waals surface area contributed by atoms with Gasteiger partial charge in [-0.15, -0.1) is 0 Å². The van der Waals surface area contributed by atoms with Crippen LogP contribution in [0.15, 0.2) is 47.6 Å². The van der Waals surface area contributed by atoms with E-state index >= 15 is 0 Å². The minimum Gasteiger partial charge on any atom is -0.366 e. The van der Waals surface area contributed by atoms with E-state index in [1.54, 1.807) is 24.3 Å². The first-order valence-corrected chi connectivity index (χ1v) is 11.1. The Labute approximate surface area is 185 Å². The molecule has 2 saturated heterocycles. The quantitative estimate of drug-likeness (QED) is 0.735. The highest BCUT2D eigenvalue weighted by atomic mass is 35.5. The van der Waals surface area contributed by atoms with Crippen molar-refractivity contribution >= 4 is 17.5 Å². The summed E-state index contributed by atoms with van der Waals surface area (Å²) in [4.78, 5) is 16.6. The lowest BCUT2D eigenvalue weighted by Crippen LogP contribution is -2.53. The molecule has 4 rings (SSSR count). The second-order valence-corrected chi connectivity index (χ2v) is 9.14. The van der Waals surface area contributed by atoms with Crippen LogP contribution in [0.5, 0.6) is 0 Å². The average molecular weight is 454 g/mol. The van der Waals surface area contributed by atoms with Gasteiger partial charge in [0.2, 0.25) is 5.91 Å². The maximum absolute atomic E-state index is 13.8. The van der Waals surface area contributed by atoms with Gasteiger partial charge in [-0.1, -0.05) is 23.7 Å². The number of carbonyl (C=O) groups excluding carboxylic acids is 1. The van der Waals surface area contributed by atoms with Crippen molar-refractivity contribution in [3.8, 4) is 0 Å². The zero-order chi connectivity index (χ0) is 22.2. The Kier molecular flexibility index (Phi) is 6.21. The lowest BCUT2D eigenvalue weighted by atomic mass is 9.75. The predicted molar refractivity (Wildman–Crippen MR) is 115 cm³/mol. The number of hydrogen-bond donors (Lipinski definition) is 1. The summed E-state index contributed by atoms with van der Waals surface area (Å²) >= 11 is 6.23. The molecule has 8 heteroatoms. The van der Waals surface area contributed by atoms with E-state index in [1.165, 1.54) is 18.9 Å². The van der Waals surface area contributed by atoms with Crippen molar-refractivity contribution in [3.05, 3.63) is 58.1 Å². The number of halogens is 4. The molecule has 1 aromatic carbocycles. The van der Waals surface area contributed by atoms with E-state index in [9.17, 15) is 18.0 Å². The molecule has 1 aromatic rings. The molecule has 1 aliphatic carbocycles. The molecule has 1 amide bonds. The Bertz CT molecular complexity index is 900. The Morgan fingerprint density at radius 1 is 1.13 bits per heavy atom. The first-order valence-electron chi connectivity index (χ1n) is 10.7. The topological polar surface area (TPSA) is 49.6 Å². The summed E-state index contributed by atoms with van der Waals surface area (Å²) in [6, 6.07) is 7.37. The number of likely N-dealkylation sites (tertiary alicyclic amines) is 2. The monoisotopic (exact) mass is 453 g/mol. The lowest BCUT2D eigenvalue weighted by molar-refractivity contribution is -0.115. The molecule has 3 aliphatic rings. The maximum Gasteiger partial charge on any atom is 0.416 e. The van der Waals surface area contributed by atoms with Crippen molar-refractivity contribution in [1.29, 1.82) is 0 Å². The van der Waals surface area contributed by atoms with Crippen LogP contribution in [0.4, 0.5) is 13.2 Å². The van der Waals surface area contributed by atoms with Crippen molar-refractivity contribution in [1.82, 2.24) is 9.80 Å². The Balaban J connectivity index is 1.74. The van der Waals surface area contributed by atoms with Crippen molar-refractivity contribution in [2.24, 2.45) is 5.73 Å². The first-order chi connectivity index (χ1) is 14.7. The van der Waals surface area contributed by atoms with Gasteiger partial charge in [0, 0.05) is 36.1 Å². The number of allylic oxidation sites excluding steroid dienone is 2. The summed E-state index contributed by atoms with van der Waals surface area (Å²) in [7, 11) is 0. The number of alkyl halides is 3. The molecular weight excluding hydrogens is 427 g/mol. The van der Waals surface area contributed by atoms with Gasteiger partial charge < -0.3 is 10.6 Å². The number of amides is 1. The number of carbonyl (C=O) groups is 1. The molecule has 2 N–H and O–H groups in total. The Morgan fingerprint density at radius 3 is 2.39 bits per heavy atom. The molecule has 1 atom stereocenters. The van der Waals surface area contributed by atoms with E-state index in [2.05, 4.69) is 9.80 Å². The third-order valence-corrected chi connectivity index (χ3v) is 7.07. The zero-order valence-corrected chi connectivity index (χ0v) is 18.1. The fourth-order valence-corrected chi connectivity index (χ4v) is 5.46. The van der Waals surface area contributed by atoms with E-state index in [1.807, 2.05) is 0 Å². The molecule has 0 radical (unpaired) electrons. The van der Waals surface area contributed by atoms with Crippen LogP contribution in [0.25, 0.3) is 0 Å². The van der Waals surface area contributed by atoms with Crippen LogP contribution in [-0.4, -0.2) is 54.1 Å². The van der Waals surface area contributed by atoms with Crippen LogP contribution in [0.3, 0.4) is 0 Å². The number of primary amides is 1. The first kappa shape index (κ1) is 22.4. The van der Waals surface area contributed by atoms with Crippen LogP contribution in [0, 0.1) is 0 Å². The summed E-state index contributed by atoms with van der Waals surface area (Å²) in [6.07, 6.45) is 1.84. The molecule has 0 saturated carbocycles. The molecule has 4 nitrogen and oxygen atoms in total. The molecule has 0 bridgehead atoms. The van der Waals surface area contributed by atoms with E-state index in [4.69, 9.17) is 17.3 Å². The summed E-state index contributed by atoms with van der Waals surface area (Å²) in [5.74, 6) is -0.826. The third kappa shape index (κ3) is 4.54.